The second-order valence-electron chi connectivity index (χ2n) is 9.33. The lowest BCUT2D eigenvalue weighted by atomic mass is 9.46. The van der Waals surface area contributed by atoms with Gasteiger partial charge in [-0.2, -0.15) is 5.26 Å². The van der Waals surface area contributed by atoms with Crippen molar-refractivity contribution in [2.75, 3.05) is 31.1 Å². The maximum Gasteiger partial charge on any atom is 0.191 e. The summed E-state index contributed by atoms with van der Waals surface area (Å²) in [7, 11) is 0. The minimum atomic E-state index is 0. The maximum absolute atomic E-state index is 9.48. The molecule has 0 aromatic heterocycles. The zero-order valence-electron chi connectivity index (χ0n) is 18.3. The molecule has 4 atom stereocenters. The molecule has 2 N–H and O–H groups in total. The minimum Gasteiger partial charge on any atom is -0.377 e. The first-order chi connectivity index (χ1) is 14.7. The highest BCUT2D eigenvalue weighted by Gasteiger charge is 2.66. The largest absolute Gasteiger partial charge is 0.377 e. The molecular formula is C24H34IN5O. The Morgan fingerprint density at radius 2 is 2.10 bits per heavy atom. The van der Waals surface area contributed by atoms with Gasteiger partial charge in [-0.3, -0.25) is 4.99 Å². The van der Waals surface area contributed by atoms with E-state index in [9.17, 15) is 5.26 Å². The van der Waals surface area contributed by atoms with Crippen LogP contribution in [0.1, 0.15) is 51.0 Å². The highest BCUT2D eigenvalue weighted by Crippen LogP contribution is 2.62. The molecule has 4 unspecified atom stereocenters. The fourth-order valence-electron chi connectivity index (χ4n) is 6.25. The summed E-state index contributed by atoms with van der Waals surface area (Å²) < 4.78 is 6.08. The van der Waals surface area contributed by atoms with E-state index in [1.165, 1.54) is 25.7 Å². The van der Waals surface area contributed by atoms with Crippen molar-refractivity contribution >= 4 is 35.6 Å². The average molecular weight is 535 g/mol. The first kappa shape index (κ1) is 22.7. The van der Waals surface area contributed by atoms with Gasteiger partial charge in [-0.1, -0.05) is 18.6 Å². The molecular weight excluding hydrogens is 501 g/mol. The van der Waals surface area contributed by atoms with Crippen LogP contribution in [-0.4, -0.2) is 50.4 Å². The van der Waals surface area contributed by atoms with Gasteiger partial charge in [-0.05, 0) is 51.2 Å². The van der Waals surface area contributed by atoms with Gasteiger partial charge in [-0.25, -0.2) is 0 Å². The van der Waals surface area contributed by atoms with Gasteiger partial charge in [0, 0.05) is 49.7 Å². The predicted octanol–water partition coefficient (Wildman–Crippen LogP) is 3.66. The van der Waals surface area contributed by atoms with Crippen LogP contribution < -0.4 is 15.5 Å². The standard InChI is InChI=1S/C24H33N5O.HI/c1-2-26-23(28-21-19-10-14-30-22(19)24(21)11-6-12-24)27-18-8-5-13-29(16-18)20-9-4-3-7-17(20)15-25;/h3-4,7,9,18-19,21-22H,2,5-6,8,10-14,16H2,1H3,(H2,26,27,28);1H. The molecule has 6 nitrogen and oxygen atoms in total. The fraction of sp³-hybridized carbons (Fsp3) is 0.667. The zero-order valence-corrected chi connectivity index (χ0v) is 20.7. The van der Waals surface area contributed by atoms with Crippen LogP contribution in [0.5, 0.6) is 0 Å². The highest BCUT2D eigenvalue weighted by molar-refractivity contribution is 14.0. The first-order valence-electron chi connectivity index (χ1n) is 11.7. The van der Waals surface area contributed by atoms with E-state index in [4.69, 9.17) is 9.73 Å². The minimum absolute atomic E-state index is 0. The molecule has 1 spiro atoms. The molecule has 2 heterocycles. The summed E-state index contributed by atoms with van der Waals surface area (Å²) in [6.07, 6.45) is 7.78. The normalized spacial score (nSPS) is 31.0. The smallest absolute Gasteiger partial charge is 0.191 e. The van der Waals surface area contributed by atoms with E-state index in [0.29, 0.717) is 29.5 Å². The van der Waals surface area contributed by atoms with Crippen LogP contribution in [0.15, 0.2) is 29.3 Å². The van der Waals surface area contributed by atoms with Gasteiger partial charge in [0.25, 0.3) is 0 Å². The number of hydrogen-bond acceptors (Lipinski definition) is 4. The van der Waals surface area contributed by atoms with Gasteiger partial charge >= 0.3 is 0 Å². The molecule has 0 bridgehead atoms. The van der Waals surface area contributed by atoms with E-state index in [2.05, 4.69) is 34.6 Å². The van der Waals surface area contributed by atoms with Gasteiger partial charge in [-0.15, -0.1) is 24.0 Å². The van der Waals surface area contributed by atoms with Gasteiger partial charge in [0.05, 0.1) is 17.4 Å². The Morgan fingerprint density at radius 3 is 2.84 bits per heavy atom. The lowest BCUT2D eigenvalue weighted by molar-refractivity contribution is -0.171. The number of nitriles is 1. The molecule has 2 saturated heterocycles. The van der Waals surface area contributed by atoms with E-state index in [1.807, 2.05) is 18.2 Å². The van der Waals surface area contributed by atoms with Crippen LogP contribution >= 0.6 is 24.0 Å². The quantitative estimate of drug-likeness (QED) is 0.350. The Kier molecular flexibility index (Phi) is 6.97. The monoisotopic (exact) mass is 535 g/mol. The molecule has 0 radical (unpaired) electrons. The number of nitrogens with one attached hydrogen (secondary N) is 2. The molecule has 7 heteroatoms. The summed E-state index contributed by atoms with van der Waals surface area (Å²) in [6, 6.07) is 11.1. The van der Waals surface area contributed by atoms with Crippen molar-refractivity contribution in [1.29, 1.82) is 5.26 Å². The van der Waals surface area contributed by atoms with Crippen molar-refractivity contribution in [3.05, 3.63) is 29.8 Å². The first-order valence-corrected chi connectivity index (χ1v) is 11.7. The third kappa shape index (κ3) is 4.02. The van der Waals surface area contributed by atoms with Crippen molar-refractivity contribution in [2.45, 2.75) is 63.6 Å². The summed E-state index contributed by atoms with van der Waals surface area (Å²) in [5.74, 6) is 1.60. The third-order valence-corrected chi connectivity index (χ3v) is 7.77. The van der Waals surface area contributed by atoms with E-state index in [-0.39, 0.29) is 24.0 Å². The number of guanidine groups is 1. The lowest BCUT2D eigenvalue weighted by Crippen LogP contribution is -2.73. The Hall–Kier alpha value is -1.53. The third-order valence-electron chi connectivity index (χ3n) is 7.77. The lowest BCUT2D eigenvalue weighted by Gasteiger charge is -2.63. The Morgan fingerprint density at radius 1 is 1.26 bits per heavy atom. The van der Waals surface area contributed by atoms with Crippen LogP contribution in [0.25, 0.3) is 0 Å². The van der Waals surface area contributed by atoms with E-state index in [0.717, 1.165) is 56.3 Å². The SMILES string of the molecule is CCN=C(NC1CCCN(c2ccccc2C#N)C1)NC1C2CCOC2C12CCC2.I. The molecule has 0 amide bonds. The Labute approximate surface area is 202 Å². The summed E-state index contributed by atoms with van der Waals surface area (Å²) in [6.45, 7) is 5.68. The number of hydrogen-bond donors (Lipinski definition) is 2. The highest BCUT2D eigenvalue weighted by atomic mass is 127. The molecule has 31 heavy (non-hydrogen) atoms. The number of halogens is 1. The second kappa shape index (κ2) is 9.53. The number of para-hydroxylation sites is 1. The summed E-state index contributed by atoms with van der Waals surface area (Å²) in [4.78, 5) is 7.14. The maximum atomic E-state index is 9.48. The molecule has 5 rings (SSSR count). The van der Waals surface area contributed by atoms with Crippen molar-refractivity contribution in [1.82, 2.24) is 10.6 Å². The van der Waals surface area contributed by atoms with Crippen molar-refractivity contribution in [2.24, 2.45) is 16.3 Å². The van der Waals surface area contributed by atoms with Crippen molar-refractivity contribution < 1.29 is 4.74 Å². The van der Waals surface area contributed by atoms with Gasteiger partial charge in [0.2, 0.25) is 0 Å². The van der Waals surface area contributed by atoms with E-state index < -0.39 is 0 Å². The van der Waals surface area contributed by atoms with Crippen molar-refractivity contribution in [3.63, 3.8) is 0 Å². The summed E-state index contributed by atoms with van der Waals surface area (Å²) in [5.41, 5.74) is 2.15. The number of ether oxygens (including phenoxy) is 1. The second-order valence-corrected chi connectivity index (χ2v) is 9.33. The average Bonchev–Trinajstić information content (AvgIpc) is 3.16. The van der Waals surface area contributed by atoms with Crippen LogP contribution in [-0.2, 0) is 4.74 Å². The Bertz CT molecular complexity index is 849. The number of nitrogens with zero attached hydrogens (tertiary/aromatic N) is 3. The van der Waals surface area contributed by atoms with Crippen LogP contribution in [0, 0.1) is 22.7 Å². The zero-order chi connectivity index (χ0) is 20.6. The molecule has 2 aliphatic heterocycles. The number of anilines is 1. The van der Waals surface area contributed by atoms with Gasteiger partial charge in [0.15, 0.2) is 5.96 Å². The molecule has 2 saturated carbocycles. The van der Waals surface area contributed by atoms with E-state index >= 15 is 0 Å². The molecule has 1 aromatic rings. The Balaban J connectivity index is 0.00000231. The predicted molar refractivity (Wildman–Crippen MR) is 134 cm³/mol. The molecule has 1 aromatic carbocycles. The molecule has 168 valence electrons. The number of rotatable bonds is 4. The fourth-order valence-corrected chi connectivity index (χ4v) is 6.25. The number of piperidine rings is 1. The van der Waals surface area contributed by atoms with E-state index in [1.54, 1.807) is 0 Å². The van der Waals surface area contributed by atoms with Gasteiger partial charge < -0.3 is 20.3 Å². The topological polar surface area (TPSA) is 72.7 Å². The number of fused-ring (bicyclic) bond motifs is 2. The van der Waals surface area contributed by atoms with Gasteiger partial charge in [0.1, 0.15) is 6.07 Å². The number of aliphatic imine (C=N–C) groups is 1. The van der Waals surface area contributed by atoms with Crippen LogP contribution in [0.3, 0.4) is 0 Å². The molecule has 2 aliphatic carbocycles. The number of benzene rings is 1. The van der Waals surface area contributed by atoms with Crippen LogP contribution in [0.2, 0.25) is 0 Å². The summed E-state index contributed by atoms with van der Waals surface area (Å²) >= 11 is 0. The molecule has 4 aliphatic rings. The summed E-state index contributed by atoms with van der Waals surface area (Å²) in [5, 5.41) is 17.0. The molecule has 4 fully saturated rings. The van der Waals surface area contributed by atoms with Crippen molar-refractivity contribution in [3.8, 4) is 6.07 Å². The van der Waals surface area contributed by atoms with Crippen LogP contribution in [0.4, 0.5) is 5.69 Å².